The largest absolute Gasteiger partial charge is 0.419 e. The van der Waals surface area contributed by atoms with E-state index in [0.29, 0.717) is 9.99 Å². The molecule has 9 heteroatoms. The number of fused-ring (bicyclic) bond motifs is 1. The van der Waals surface area contributed by atoms with Crippen molar-refractivity contribution in [3.63, 3.8) is 0 Å². The van der Waals surface area contributed by atoms with Gasteiger partial charge in [0.25, 0.3) is 0 Å². The molecular weight excluding hydrogens is 426 g/mol. The molecule has 3 rings (SSSR count). The van der Waals surface area contributed by atoms with Gasteiger partial charge in [0, 0.05) is 24.0 Å². The van der Waals surface area contributed by atoms with Crippen molar-refractivity contribution in [1.29, 1.82) is 0 Å². The summed E-state index contributed by atoms with van der Waals surface area (Å²) in [6, 6.07) is 8.48. The minimum absolute atomic E-state index is 0.0605. The van der Waals surface area contributed by atoms with Crippen molar-refractivity contribution < 1.29 is 21.8 Å². The molecule has 0 aliphatic carbocycles. The van der Waals surface area contributed by atoms with Gasteiger partial charge in [0.1, 0.15) is 4.90 Å². The summed E-state index contributed by atoms with van der Waals surface area (Å²) >= 11 is 3.25. The molecule has 26 heavy (non-hydrogen) atoms. The topological polar surface area (TPSA) is 95.6 Å². The number of hydrogen-bond acceptors (Lipinski definition) is 6. The van der Waals surface area contributed by atoms with E-state index in [1.54, 1.807) is 13.0 Å². The van der Waals surface area contributed by atoms with Gasteiger partial charge in [0.05, 0.1) is 11.1 Å². The molecule has 0 saturated carbocycles. The number of hydrogen-bond donors (Lipinski definition) is 0. The average molecular weight is 440 g/mol. The first kappa shape index (κ1) is 18.4. The maximum Gasteiger partial charge on any atom is 0.419 e. The highest BCUT2D eigenvalue weighted by molar-refractivity contribution is 9.10. The summed E-state index contributed by atoms with van der Waals surface area (Å²) in [6.45, 7) is 1.67. The van der Waals surface area contributed by atoms with Gasteiger partial charge < -0.3 is 8.60 Å². The summed E-state index contributed by atoms with van der Waals surface area (Å²) in [7, 11) is -2.71. The Bertz CT molecular complexity index is 1180. The van der Waals surface area contributed by atoms with Crippen molar-refractivity contribution in [2.45, 2.75) is 18.2 Å². The van der Waals surface area contributed by atoms with Crippen LogP contribution in [-0.4, -0.2) is 18.8 Å². The van der Waals surface area contributed by atoms with E-state index in [1.165, 1.54) is 41.9 Å². The average Bonchev–Trinajstić information content (AvgIpc) is 2.89. The summed E-state index contributed by atoms with van der Waals surface area (Å²) in [5.74, 6) is -0.908. The molecule has 0 fully saturated rings. The normalized spacial score (nSPS) is 11.7. The zero-order chi connectivity index (χ0) is 19.1. The molecule has 0 spiro atoms. The van der Waals surface area contributed by atoms with E-state index < -0.39 is 15.9 Å². The lowest BCUT2D eigenvalue weighted by molar-refractivity contribution is 0.0986. The molecule has 0 aliphatic heterocycles. The lowest BCUT2D eigenvalue weighted by atomic mass is 10.1. The number of Topliss-reactive ketones (excluding diaryl/α,β-unsaturated/α-hetero) is 1. The Morgan fingerprint density at radius 3 is 2.65 bits per heavy atom. The fourth-order valence-electron chi connectivity index (χ4n) is 2.42. The van der Waals surface area contributed by atoms with Crippen LogP contribution in [0.5, 0.6) is 5.75 Å². The summed E-state index contributed by atoms with van der Waals surface area (Å²) in [4.78, 5) is 23.4. The van der Waals surface area contributed by atoms with Crippen molar-refractivity contribution in [1.82, 2.24) is 4.57 Å². The van der Waals surface area contributed by atoms with Crippen molar-refractivity contribution in [2.24, 2.45) is 7.05 Å². The fraction of sp³-hybridized carbons (Fsp3) is 0.176. The number of oxazole rings is 1. The number of ketones is 1. The molecule has 0 atom stereocenters. The van der Waals surface area contributed by atoms with Gasteiger partial charge >= 0.3 is 15.9 Å². The molecular formula is C17H14BrNO6S. The van der Waals surface area contributed by atoms with E-state index >= 15 is 0 Å². The van der Waals surface area contributed by atoms with Crippen molar-refractivity contribution in [2.75, 3.05) is 0 Å². The zero-order valence-corrected chi connectivity index (χ0v) is 16.3. The first-order chi connectivity index (χ1) is 12.2. The van der Waals surface area contributed by atoms with Gasteiger partial charge in [-0.1, -0.05) is 22.9 Å². The summed E-state index contributed by atoms with van der Waals surface area (Å²) in [5.41, 5.74) is 0.750. The third-order valence-electron chi connectivity index (χ3n) is 3.82. The quantitative estimate of drug-likeness (QED) is 0.447. The second kappa shape index (κ2) is 6.73. The minimum atomic E-state index is -4.22. The molecule has 7 nitrogen and oxygen atoms in total. The molecule has 2 aromatic carbocycles. The van der Waals surface area contributed by atoms with Crippen molar-refractivity contribution in [3.8, 4) is 5.75 Å². The highest BCUT2D eigenvalue weighted by atomic mass is 79.9. The van der Waals surface area contributed by atoms with E-state index in [0.717, 1.165) is 0 Å². The molecule has 0 unspecified atom stereocenters. The fourth-order valence-corrected chi connectivity index (χ4v) is 3.74. The van der Waals surface area contributed by atoms with E-state index in [4.69, 9.17) is 8.60 Å². The van der Waals surface area contributed by atoms with E-state index in [2.05, 4.69) is 15.9 Å². The lowest BCUT2D eigenvalue weighted by Crippen LogP contribution is -2.12. The van der Waals surface area contributed by atoms with Crippen LogP contribution in [0.2, 0.25) is 0 Å². The van der Waals surface area contributed by atoms with Crippen molar-refractivity contribution in [3.05, 3.63) is 57.0 Å². The SMILES string of the molecule is CCC(=O)c1cc(Br)ccc1OS(=O)(=O)c1ccc2c(c1)oc(=O)n2C. The Morgan fingerprint density at radius 1 is 1.23 bits per heavy atom. The number of rotatable bonds is 5. The van der Waals surface area contributed by atoms with Gasteiger partial charge in [-0.15, -0.1) is 0 Å². The smallest absolute Gasteiger partial charge is 0.408 e. The van der Waals surface area contributed by atoms with Crippen LogP contribution in [0, 0.1) is 0 Å². The molecule has 0 N–H and O–H groups in total. The van der Waals surface area contributed by atoms with Gasteiger partial charge in [0.15, 0.2) is 17.1 Å². The maximum atomic E-state index is 12.6. The molecule has 0 radical (unpaired) electrons. The number of halogens is 1. The predicted molar refractivity (Wildman–Crippen MR) is 98.0 cm³/mol. The van der Waals surface area contributed by atoms with E-state index in [1.807, 2.05) is 0 Å². The van der Waals surface area contributed by atoms with Crippen LogP contribution >= 0.6 is 15.9 Å². The number of aryl methyl sites for hydroxylation is 1. The predicted octanol–water partition coefficient (Wildman–Crippen LogP) is 3.25. The Morgan fingerprint density at radius 2 is 1.96 bits per heavy atom. The minimum Gasteiger partial charge on any atom is -0.408 e. The van der Waals surface area contributed by atoms with Gasteiger partial charge in [0.2, 0.25) is 0 Å². The molecule has 0 aliphatic rings. The van der Waals surface area contributed by atoms with Gasteiger partial charge in [-0.25, -0.2) is 4.79 Å². The van der Waals surface area contributed by atoms with Crippen LogP contribution in [0.3, 0.4) is 0 Å². The standard InChI is InChI=1S/C17H14BrNO6S/c1-3-14(20)12-8-10(18)4-7-15(12)25-26(22,23)11-5-6-13-16(9-11)24-17(21)19(13)2/h4-9H,3H2,1-2H3. The number of carbonyl (C=O) groups excluding carboxylic acids is 1. The van der Waals surface area contributed by atoms with Crippen LogP contribution in [0.25, 0.3) is 11.1 Å². The van der Waals surface area contributed by atoms with Crippen LogP contribution in [0.4, 0.5) is 0 Å². The Hall–Kier alpha value is -2.39. The van der Waals surface area contributed by atoms with Crippen LogP contribution in [0.1, 0.15) is 23.7 Å². The Kier molecular flexibility index (Phi) is 4.76. The Balaban J connectivity index is 2.05. The number of nitrogens with zero attached hydrogens (tertiary/aromatic N) is 1. The Labute approximate surface area is 157 Å². The highest BCUT2D eigenvalue weighted by Crippen LogP contribution is 2.28. The lowest BCUT2D eigenvalue weighted by Gasteiger charge is -2.11. The number of benzene rings is 2. The molecule has 0 saturated heterocycles. The third-order valence-corrected chi connectivity index (χ3v) is 5.54. The second-order valence-corrected chi connectivity index (χ2v) is 7.97. The van der Waals surface area contributed by atoms with E-state index in [9.17, 15) is 18.0 Å². The van der Waals surface area contributed by atoms with Crippen LogP contribution in [0.15, 0.2) is 55.0 Å². The first-order valence-electron chi connectivity index (χ1n) is 7.59. The van der Waals surface area contributed by atoms with Gasteiger partial charge in [-0.2, -0.15) is 8.42 Å². The van der Waals surface area contributed by atoms with Gasteiger partial charge in [-0.05, 0) is 30.3 Å². The molecule has 0 amide bonds. The molecule has 136 valence electrons. The zero-order valence-electron chi connectivity index (χ0n) is 13.9. The monoisotopic (exact) mass is 439 g/mol. The number of carbonyl (C=O) groups is 1. The molecule has 0 bridgehead atoms. The third kappa shape index (κ3) is 3.32. The molecule has 1 heterocycles. The second-order valence-electron chi connectivity index (χ2n) is 5.51. The summed E-state index contributed by atoms with van der Waals surface area (Å²) < 4.78 is 37.3. The highest BCUT2D eigenvalue weighted by Gasteiger charge is 2.22. The first-order valence-corrected chi connectivity index (χ1v) is 9.80. The summed E-state index contributed by atoms with van der Waals surface area (Å²) in [5, 5.41) is 0. The van der Waals surface area contributed by atoms with E-state index in [-0.39, 0.29) is 34.0 Å². The van der Waals surface area contributed by atoms with Crippen LogP contribution < -0.4 is 9.94 Å². The summed E-state index contributed by atoms with van der Waals surface area (Å²) in [6.07, 6.45) is 0.202. The number of aromatic nitrogens is 1. The molecule has 3 aromatic rings. The maximum absolute atomic E-state index is 12.6. The van der Waals surface area contributed by atoms with Crippen LogP contribution in [-0.2, 0) is 17.2 Å². The van der Waals surface area contributed by atoms with Gasteiger partial charge in [-0.3, -0.25) is 9.36 Å². The van der Waals surface area contributed by atoms with Crippen molar-refractivity contribution >= 4 is 42.9 Å². The molecule has 1 aromatic heterocycles.